The molecule has 182 valence electrons. The van der Waals surface area contributed by atoms with Gasteiger partial charge in [0.1, 0.15) is 11.8 Å². The second kappa shape index (κ2) is 9.57. The zero-order valence-electron chi connectivity index (χ0n) is 16.7. The molecule has 0 fully saturated rings. The Labute approximate surface area is 194 Å². The van der Waals surface area contributed by atoms with Crippen LogP contribution < -0.4 is 4.90 Å². The van der Waals surface area contributed by atoms with Crippen molar-refractivity contribution < 1.29 is 39.5 Å². The maximum atomic E-state index is 13.4. The highest BCUT2D eigenvalue weighted by Crippen LogP contribution is 2.43. The predicted octanol–water partition coefficient (Wildman–Crippen LogP) is 4.84. The monoisotopic (exact) mass is 538 g/mol. The molecule has 0 unspecified atom stereocenters. The fraction of sp³-hybridized carbons (Fsp3) is 0.412. The average Bonchev–Trinajstić information content (AvgIpc) is 3.06. The molecule has 33 heavy (non-hydrogen) atoms. The molecule has 0 radical (unpaired) electrons. The standard InChI is InChI=1S/C17H14Cl2F6N4O3S/c1-3-32-5-4-28(2)15-14(33(30,31)17(23,24)25)12(8-26)27-29(15)13-10(18)6-9(7-11(13)19)16(20,21)22/h6-7H,3-5H2,1-2H3. The van der Waals surface area contributed by atoms with Crippen LogP contribution in [0.2, 0.25) is 10.0 Å². The Kier molecular flexibility index (Phi) is 7.84. The van der Waals surface area contributed by atoms with Crippen LogP contribution in [0.5, 0.6) is 0 Å². The number of rotatable bonds is 7. The van der Waals surface area contributed by atoms with Gasteiger partial charge in [0.05, 0.1) is 22.2 Å². The van der Waals surface area contributed by atoms with Gasteiger partial charge in [-0.25, -0.2) is 13.1 Å². The Hall–Kier alpha value is -2.21. The number of nitrogens with zero attached hydrogens (tertiary/aromatic N) is 4. The van der Waals surface area contributed by atoms with Crippen molar-refractivity contribution >= 4 is 38.9 Å². The first kappa shape index (κ1) is 27.0. The summed E-state index contributed by atoms with van der Waals surface area (Å²) in [6.07, 6.45) is -4.85. The van der Waals surface area contributed by atoms with Crippen LogP contribution in [-0.4, -0.2) is 50.5 Å². The molecule has 0 aliphatic carbocycles. The van der Waals surface area contributed by atoms with Crippen molar-refractivity contribution in [2.45, 2.75) is 23.5 Å². The Bertz CT molecular complexity index is 1170. The Balaban J connectivity index is 2.92. The van der Waals surface area contributed by atoms with Crippen molar-refractivity contribution in [2.75, 3.05) is 31.7 Å². The molecule has 1 aromatic heterocycles. The first-order valence-electron chi connectivity index (χ1n) is 8.77. The van der Waals surface area contributed by atoms with E-state index in [0.29, 0.717) is 16.8 Å². The van der Waals surface area contributed by atoms with Gasteiger partial charge in [0.15, 0.2) is 16.4 Å². The lowest BCUT2D eigenvalue weighted by atomic mass is 10.2. The van der Waals surface area contributed by atoms with E-state index in [1.54, 1.807) is 6.92 Å². The van der Waals surface area contributed by atoms with Crippen molar-refractivity contribution in [3.05, 3.63) is 33.4 Å². The van der Waals surface area contributed by atoms with E-state index in [0.717, 1.165) is 4.90 Å². The number of nitriles is 1. The SMILES string of the molecule is CCOCCN(C)c1c(S(=O)(=O)C(F)(F)F)c(C#N)nn1-c1c(Cl)cc(C(F)(F)F)cc1Cl. The summed E-state index contributed by atoms with van der Waals surface area (Å²) in [5.41, 5.74) is -8.78. The van der Waals surface area contributed by atoms with Crippen molar-refractivity contribution in [2.24, 2.45) is 0 Å². The third-order valence-corrected chi connectivity index (χ3v) is 6.29. The zero-order valence-corrected chi connectivity index (χ0v) is 19.0. The van der Waals surface area contributed by atoms with E-state index < -0.39 is 59.2 Å². The van der Waals surface area contributed by atoms with Crippen LogP contribution in [0.15, 0.2) is 17.0 Å². The van der Waals surface area contributed by atoms with E-state index in [1.165, 1.54) is 13.1 Å². The fourth-order valence-corrected chi connectivity index (χ4v) is 4.41. The average molecular weight is 539 g/mol. The van der Waals surface area contributed by atoms with E-state index in [-0.39, 0.29) is 19.8 Å². The molecule has 7 nitrogen and oxygen atoms in total. The number of likely N-dealkylation sites (N-methyl/N-ethyl adjacent to an activating group) is 1. The summed E-state index contributed by atoms with van der Waals surface area (Å²) in [7, 11) is -4.95. The lowest BCUT2D eigenvalue weighted by Crippen LogP contribution is -2.30. The van der Waals surface area contributed by atoms with Gasteiger partial charge in [-0.2, -0.15) is 36.7 Å². The van der Waals surface area contributed by atoms with Crippen LogP contribution in [0, 0.1) is 11.3 Å². The van der Waals surface area contributed by atoms with E-state index >= 15 is 0 Å². The predicted molar refractivity (Wildman–Crippen MR) is 106 cm³/mol. The minimum atomic E-state index is -6.12. The van der Waals surface area contributed by atoms with E-state index in [2.05, 4.69) is 5.10 Å². The summed E-state index contributed by atoms with van der Waals surface area (Å²) in [5, 5.41) is 11.5. The number of halogens is 8. The van der Waals surface area contributed by atoms with Crippen LogP contribution >= 0.6 is 23.2 Å². The van der Waals surface area contributed by atoms with Gasteiger partial charge in [-0.05, 0) is 19.1 Å². The van der Waals surface area contributed by atoms with Crippen molar-refractivity contribution in [3.63, 3.8) is 0 Å². The van der Waals surface area contributed by atoms with Gasteiger partial charge < -0.3 is 9.64 Å². The number of anilines is 1. The van der Waals surface area contributed by atoms with E-state index in [9.17, 15) is 40.0 Å². The number of ether oxygens (including phenoxy) is 1. The lowest BCUT2D eigenvalue weighted by Gasteiger charge is -2.23. The third kappa shape index (κ3) is 5.32. The first-order valence-corrected chi connectivity index (χ1v) is 11.0. The Morgan fingerprint density at radius 1 is 1.18 bits per heavy atom. The molecule has 2 rings (SSSR count). The normalized spacial score (nSPS) is 12.6. The topological polar surface area (TPSA) is 88.2 Å². The summed E-state index contributed by atoms with van der Waals surface area (Å²) in [5.74, 6) is -0.785. The highest BCUT2D eigenvalue weighted by Gasteiger charge is 2.51. The lowest BCUT2D eigenvalue weighted by molar-refractivity contribution is -0.137. The molecule has 1 aromatic carbocycles. The second-order valence-corrected chi connectivity index (χ2v) is 9.07. The molecule has 0 saturated carbocycles. The molecule has 0 spiro atoms. The van der Waals surface area contributed by atoms with Crippen LogP contribution in [0.4, 0.5) is 32.2 Å². The summed E-state index contributed by atoms with van der Waals surface area (Å²) in [6, 6.07) is 2.15. The van der Waals surface area contributed by atoms with Crippen molar-refractivity contribution in [3.8, 4) is 11.8 Å². The van der Waals surface area contributed by atoms with E-state index in [1.807, 2.05) is 0 Å². The molecular weight excluding hydrogens is 525 g/mol. The molecular formula is C17H14Cl2F6N4O3S. The van der Waals surface area contributed by atoms with Gasteiger partial charge in [0, 0.05) is 20.2 Å². The molecule has 0 aliphatic heterocycles. The molecule has 0 bridgehead atoms. The summed E-state index contributed by atoms with van der Waals surface area (Å²) in [4.78, 5) is -0.518. The summed E-state index contributed by atoms with van der Waals surface area (Å²) >= 11 is 11.9. The highest BCUT2D eigenvalue weighted by atomic mass is 35.5. The van der Waals surface area contributed by atoms with Gasteiger partial charge in [-0.1, -0.05) is 23.2 Å². The molecule has 0 saturated heterocycles. The maximum absolute atomic E-state index is 13.4. The molecule has 1 heterocycles. The minimum absolute atomic E-state index is 0.0694. The number of aromatic nitrogens is 2. The van der Waals surface area contributed by atoms with E-state index in [4.69, 9.17) is 27.9 Å². The van der Waals surface area contributed by atoms with Gasteiger partial charge in [0.2, 0.25) is 0 Å². The molecule has 0 N–H and O–H groups in total. The largest absolute Gasteiger partial charge is 0.502 e. The second-order valence-electron chi connectivity index (χ2n) is 6.38. The minimum Gasteiger partial charge on any atom is -0.380 e. The highest BCUT2D eigenvalue weighted by molar-refractivity contribution is 7.92. The fourth-order valence-electron chi connectivity index (χ4n) is 2.71. The molecule has 16 heteroatoms. The number of benzene rings is 1. The van der Waals surface area contributed by atoms with Crippen LogP contribution in [0.1, 0.15) is 18.2 Å². The van der Waals surface area contributed by atoms with Crippen LogP contribution in [0.25, 0.3) is 5.69 Å². The Morgan fingerprint density at radius 2 is 1.73 bits per heavy atom. The summed E-state index contributed by atoms with van der Waals surface area (Å²) in [6.45, 7) is 1.63. The van der Waals surface area contributed by atoms with Crippen LogP contribution in [-0.2, 0) is 20.8 Å². The summed E-state index contributed by atoms with van der Waals surface area (Å²) < 4.78 is 110. The number of sulfone groups is 1. The van der Waals surface area contributed by atoms with Gasteiger partial charge >= 0.3 is 11.7 Å². The molecule has 0 amide bonds. The maximum Gasteiger partial charge on any atom is 0.502 e. The molecule has 0 atom stereocenters. The number of hydrogen-bond donors (Lipinski definition) is 0. The quantitative estimate of drug-likeness (QED) is 0.370. The molecule has 0 aliphatic rings. The van der Waals surface area contributed by atoms with Crippen molar-refractivity contribution in [1.82, 2.24) is 9.78 Å². The number of hydrogen-bond acceptors (Lipinski definition) is 6. The smallest absolute Gasteiger partial charge is 0.380 e. The third-order valence-electron chi connectivity index (χ3n) is 4.19. The Morgan fingerprint density at radius 3 is 2.15 bits per heavy atom. The van der Waals surface area contributed by atoms with Crippen LogP contribution in [0.3, 0.4) is 0 Å². The van der Waals surface area contributed by atoms with Gasteiger partial charge in [-0.3, -0.25) is 0 Å². The zero-order chi connectivity index (χ0) is 25.4. The first-order chi connectivity index (χ1) is 15.1. The van der Waals surface area contributed by atoms with Gasteiger partial charge in [-0.15, -0.1) is 0 Å². The van der Waals surface area contributed by atoms with Crippen molar-refractivity contribution in [1.29, 1.82) is 5.26 Å². The molecule has 2 aromatic rings. The van der Waals surface area contributed by atoms with Gasteiger partial charge in [0.25, 0.3) is 9.84 Å². The number of alkyl halides is 6.